The van der Waals surface area contributed by atoms with E-state index in [2.05, 4.69) is 22.0 Å². The molecule has 1 heterocycles. The lowest BCUT2D eigenvalue weighted by Crippen LogP contribution is -2.24. The van der Waals surface area contributed by atoms with Crippen LogP contribution in [0.5, 0.6) is 5.75 Å². The molecule has 12 heavy (non-hydrogen) atoms. The van der Waals surface area contributed by atoms with Crippen LogP contribution in [0.2, 0.25) is 0 Å². The van der Waals surface area contributed by atoms with E-state index in [1.54, 1.807) is 0 Å². The van der Waals surface area contributed by atoms with Crippen LogP contribution in [0.1, 0.15) is 5.56 Å². The van der Waals surface area contributed by atoms with Crippen molar-refractivity contribution in [3.63, 3.8) is 0 Å². The minimum atomic E-state index is 0.175. The largest absolute Gasteiger partial charge is 0.488 e. The SMILES string of the molecule is NCC1Cc2ccc(Br)cc2O1. The van der Waals surface area contributed by atoms with Crippen LogP contribution in [0, 0.1) is 0 Å². The minimum Gasteiger partial charge on any atom is -0.488 e. The maximum absolute atomic E-state index is 5.58. The van der Waals surface area contributed by atoms with Crippen molar-refractivity contribution < 1.29 is 4.74 Å². The Bertz CT molecular complexity index is 301. The molecule has 0 fully saturated rings. The van der Waals surface area contributed by atoms with Crippen LogP contribution < -0.4 is 10.5 Å². The Balaban J connectivity index is 2.30. The number of fused-ring (bicyclic) bond motifs is 1. The van der Waals surface area contributed by atoms with Crippen molar-refractivity contribution in [2.75, 3.05) is 6.54 Å². The topological polar surface area (TPSA) is 35.2 Å². The number of nitrogens with two attached hydrogens (primary N) is 1. The van der Waals surface area contributed by atoms with Gasteiger partial charge in [0, 0.05) is 17.4 Å². The van der Waals surface area contributed by atoms with Crippen molar-refractivity contribution in [2.24, 2.45) is 5.73 Å². The van der Waals surface area contributed by atoms with Crippen molar-refractivity contribution in [1.82, 2.24) is 0 Å². The van der Waals surface area contributed by atoms with Crippen LogP contribution in [-0.2, 0) is 6.42 Å². The van der Waals surface area contributed by atoms with E-state index >= 15 is 0 Å². The third-order valence-electron chi connectivity index (χ3n) is 2.03. The molecule has 2 nitrogen and oxygen atoms in total. The van der Waals surface area contributed by atoms with E-state index in [9.17, 15) is 0 Å². The van der Waals surface area contributed by atoms with Gasteiger partial charge < -0.3 is 10.5 Å². The zero-order valence-electron chi connectivity index (χ0n) is 6.59. The van der Waals surface area contributed by atoms with Crippen LogP contribution in [0.3, 0.4) is 0 Å². The Morgan fingerprint density at radius 3 is 3.17 bits per heavy atom. The highest BCUT2D eigenvalue weighted by Crippen LogP contribution is 2.30. The van der Waals surface area contributed by atoms with Gasteiger partial charge in [0.15, 0.2) is 0 Å². The van der Waals surface area contributed by atoms with E-state index < -0.39 is 0 Å². The molecule has 3 heteroatoms. The maximum Gasteiger partial charge on any atom is 0.124 e. The molecule has 0 aromatic heterocycles. The summed E-state index contributed by atoms with van der Waals surface area (Å²) in [4.78, 5) is 0. The number of rotatable bonds is 1. The lowest BCUT2D eigenvalue weighted by molar-refractivity contribution is 0.241. The molecule has 1 atom stereocenters. The van der Waals surface area contributed by atoms with Gasteiger partial charge in [-0.05, 0) is 17.7 Å². The monoisotopic (exact) mass is 227 g/mol. The normalized spacial score (nSPS) is 20.3. The first-order valence-electron chi connectivity index (χ1n) is 3.95. The standard InChI is InChI=1S/C9H10BrNO/c10-7-2-1-6-3-8(5-11)12-9(6)4-7/h1-2,4,8H,3,5,11H2. The highest BCUT2D eigenvalue weighted by atomic mass is 79.9. The van der Waals surface area contributed by atoms with Crippen LogP contribution in [0.25, 0.3) is 0 Å². The lowest BCUT2D eigenvalue weighted by Gasteiger charge is -2.05. The molecule has 2 rings (SSSR count). The molecule has 0 saturated heterocycles. The van der Waals surface area contributed by atoms with Crippen molar-refractivity contribution >= 4 is 15.9 Å². The van der Waals surface area contributed by atoms with Gasteiger partial charge in [-0.2, -0.15) is 0 Å². The molecule has 0 saturated carbocycles. The third-order valence-corrected chi connectivity index (χ3v) is 2.53. The number of halogens is 1. The van der Waals surface area contributed by atoms with Gasteiger partial charge >= 0.3 is 0 Å². The molecule has 0 bridgehead atoms. The summed E-state index contributed by atoms with van der Waals surface area (Å²) in [6, 6.07) is 6.10. The van der Waals surface area contributed by atoms with E-state index in [1.807, 2.05) is 12.1 Å². The molecule has 0 aliphatic carbocycles. The Morgan fingerprint density at radius 2 is 2.42 bits per heavy atom. The molecule has 0 radical (unpaired) electrons. The molecule has 1 aromatic carbocycles. The van der Waals surface area contributed by atoms with Gasteiger partial charge in [0.1, 0.15) is 11.9 Å². The molecule has 0 amide bonds. The summed E-state index contributed by atoms with van der Waals surface area (Å²) >= 11 is 3.40. The second kappa shape index (κ2) is 3.07. The van der Waals surface area contributed by atoms with Crippen LogP contribution in [-0.4, -0.2) is 12.6 Å². The molecule has 2 N–H and O–H groups in total. The van der Waals surface area contributed by atoms with Gasteiger partial charge in [-0.25, -0.2) is 0 Å². The maximum atomic E-state index is 5.58. The summed E-state index contributed by atoms with van der Waals surface area (Å²) < 4.78 is 6.64. The molecule has 1 unspecified atom stereocenters. The van der Waals surface area contributed by atoms with Crippen molar-refractivity contribution in [1.29, 1.82) is 0 Å². The first-order chi connectivity index (χ1) is 5.79. The van der Waals surface area contributed by atoms with Crippen molar-refractivity contribution in [2.45, 2.75) is 12.5 Å². The number of benzene rings is 1. The molecule has 1 aromatic rings. The molecule has 1 aliphatic rings. The fourth-order valence-electron chi connectivity index (χ4n) is 1.40. The smallest absolute Gasteiger partial charge is 0.124 e. The minimum absolute atomic E-state index is 0.175. The Hall–Kier alpha value is -0.540. The fraction of sp³-hybridized carbons (Fsp3) is 0.333. The van der Waals surface area contributed by atoms with E-state index in [-0.39, 0.29) is 6.10 Å². The summed E-state index contributed by atoms with van der Waals surface area (Å²) in [7, 11) is 0. The highest BCUT2D eigenvalue weighted by Gasteiger charge is 2.20. The molecule has 1 aliphatic heterocycles. The van der Waals surface area contributed by atoms with Gasteiger partial charge in [-0.15, -0.1) is 0 Å². The third kappa shape index (κ3) is 1.34. The highest BCUT2D eigenvalue weighted by molar-refractivity contribution is 9.10. The van der Waals surface area contributed by atoms with Crippen LogP contribution in [0.4, 0.5) is 0 Å². The molecule has 0 spiro atoms. The summed E-state index contributed by atoms with van der Waals surface area (Å²) in [6.07, 6.45) is 1.12. The predicted molar refractivity (Wildman–Crippen MR) is 51.3 cm³/mol. The second-order valence-electron chi connectivity index (χ2n) is 2.93. The number of hydrogen-bond donors (Lipinski definition) is 1. The number of ether oxygens (including phenoxy) is 1. The Labute approximate surface area is 79.8 Å². The van der Waals surface area contributed by atoms with Crippen LogP contribution in [0.15, 0.2) is 22.7 Å². The Kier molecular flexibility index (Phi) is 2.07. The van der Waals surface area contributed by atoms with Gasteiger partial charge in [-0.1, -0.05) is 22.0 Å². The van der Waals surface area contributed by atoms with Gasteiger partial charge in [0.25, 0.3) is 0 Å². The van der Waals surface area contributed by atoms with Gasteiger partial charge in [0.05, 0.1) is 0 Å². The average Bonchev–Trinajstić information content (AvgIpc) is 2.46. The molecular weight excluding hydrogens is 218 g/mol. The summed E-state index contributed by atoms with van der Waals surface area (Å²) in [5.41, 5.74) is 6.77. The first kappa shape index (κ1) is 8.08. The van der Waals surface area contributed by atoms with Crippen molar-refractivity contribution in [3.05, 3.63) is 28.2 Å². The average molecular weight is 228 g/mol. The fourth-order valence-corrected chi connectivity index (χ4v) is 1.74. The summed E-state index contributed by atoms with van der Waals surface area (Å²) in [5.74, 6) is 0.972. The summed E-state index contributed by atoms with van der Waals surface area (Å²) in [6.45, 7) is 0.590. The van der Waals surface area contributed by atoms with E-state index in [1.165, 1.54) is 5.56 Å². The second-order valence-corrected chi connectivity index (χ2v) is 3.85. The van der Waals surface area contributed by atoms with E-state index in [0.717, 1.165) is 16.6 Å². The van der Waals surface area contributed by atoms with Gasteiger partial charge in [0.2, 0.25) is 0 Å². The zero-order valence-corrected chi connectivity index (χ0v) is 8.17. The first-order valence-corrected chi connectivity index (χ1v) is 4.74. The predicted octanol–water partition coefficient (Wildman–Crippen LogP) is 1.71. The van der Waals surface area contributed by atoms with Crippen molar-refractivity contribution in [3.8, 4) is 5.75 Å². The quantitative estimate of drug-likeness (QED) is 0.794. The van der Waals surface area contributed by atoms with Crippen LogP contribution >= 0.6 is 15.9 Å². The Morgan fingerprint density at radius 1 is 1.58 bits per heavy atom. The van der Waals surface area contributed by atoms with E-state index in [4.69, 9.17) is 10.5 Å². The zero-order chi connectivity index (χ0) is 8.55. The molecule has 64 valence electrons. The van der Waals surface area contributed by atoms with Gasteiger partial charge in [-0.3, -0.25) is 0 Å². The molecular formula is C9H10BrNO. The lowest BCUT2D eigenvalue weighted by atomic mass is 10.1. The van der Waals surface area contributed by atoms with E-state index in [0.29, 0.717) is 6.54 Å². The summed E-state index contributed by atoms with van der Waals surface area (Å²) in [5, 5.41) is 0. The number of hydrogen-bond acceptors (Lipinski definition) is 2.